The molecule has 1 nitrogen and oxygen atoms in total. The van der Waals surface area contributed by atoms with E-state index >= 15 is 0 Å². The molecule has 1 aliphatic heterocycles. The van der Waals surface area contributed by atoms with Crippen molar-refractivity contribution in [2.75, 3.05) is 0 Å². The van der Waals surface area contributed by atoms with Crippen molar-refractivity contribution in [3.8, 4) is 0 Å². The van der Waals surface area contributed by atoms with E-state index in [-0.39, 0.29) is 6.10 Å². The number of hydrogen-bond acceptors (Lipinski definition) is 1. The molecule has 1 heterocycles. The zero-order chi connectivity index (χ0) is 10.8. The zero-order valence-electron chi connectivity index (χ0n) is 8.67. The molecule has 3 heteroatoms. The fraction of sp³-hybridized carbons (Fsp3) is 0.500. The highest BCUT2D eigenvalue weighted by Gasteiger charge is 2.25. The maximum absolute atomic E-state index is 5.98. The molecule has 1 saturated heterocycles. The lowest BCUT2D eigenvalue weighted by Crippen LogP contribution is -2.04. The summed E-state index contributed by atoms with van der Waals surface area (Å²) in [7, 11) is 0. The van der Waals surface area contributed by atoms with Crippen LogP contribution in [0.4, 0.5) is 0 Å². The highest BCUT2D eigenvalue weighted by atomic mass is 35.5. The summed E-state index contributed by atoms with van der Waals surface area (Å²) in [5.41, 5.74) is 1.14. The first-order valence-electron chi connectivity index (χ1n) is 5.31. The first-order chi connectivity index (χ1) is 7.20. The lowest BCUT2D eigenvalue weighted by Gasteiger charge is -2.13. The summed E-state index contributed by atoms with van der Waals surface area (Å²) in [6, 6.07) is 5.74. The third-order valence-electron chi connectivity index (χ3n) is 2.88. The van der Waals surface area contributed by atoms with Gasteiger partial charge in [0.2, 0.25) is 0 Å². The van der Waals surface area contributed by atoms with Gasteiger partial charge in [-0.3, -0.25) is 0 Å². The average Bonchev–Trinajstić information content (AvgIpc) is 2.70. The Morgan fingerprint density at radius 1 is 1.27 bits per heavy atom. The van der Waals surface area contributed by atoms with Gasteiger partial charge in [0, 0.05) is 0 Å². The number of ether oxygens (including phenoxy) is 1. The van der Waals surface area contributed by atoms with E-state index in [4.69, 9.17) is 27.9 Å². The SMILES string of the molecule is CCC1CCC(c2ccc(Cl)c(Cl)c2)O1. The van der Waals surface area contributed by atoms with Gasteiger partial charge in [-0.1, -0.05) is 36.2 Å². The van der Waals surface area contributed by atoms with Crippen LogP contribution in [0.15, 0.2) is 18.2 Å². The summed E-state index contributed by atoms with van der Waals surface area (Å²) in [5, 5.41) is 1.21. The maximum atomic E-state index is 5.98. The molecule has 1 aromatic carbocycles. The minimum absolute atomic E-state index is 0.199. The van der Waals surface area contributed by atoms with E-state index in [0.29, 0.717) is 16.1 Å². The van der Waals surface area contributed by atoms with E-state index in [1.165, 1.54) is 0 Å². The van der Waals surface area contributed by atoms with Crippen LogP contribution in [0.3, 0.4) is 0 Å². The van der Waals surface area contributed by atoms with Gasteiger partial charge >= 0.3 is 0 Å². The van der Waals surface area contributed by atoms with Gasteiger partial charge < -0.3 is 4.74 Å². The molecular weight excluding hydrogens is 231 g/mol. The smallest absolute Gasteiger partial charge is 0.0830 e. The second-order valence-electron chi connectivity index (χ2n) is 3.91. The number of halogens is 2. The lowest BCUT2D eigenvalue weighted by atomic mass is 10.1. The topological polar surface area (TPSA) is 9.23 Å². The van der Waals surface area contributed by atoms with Gasteiger partial charge in [0.25, 0.3) is 0 Å². The Kier molecular flexibility index (Phi) is 3.55. The third-order valence-corrected chi connectivity index (χ3v) is 3.62. The largest absolute Gasteiger partial charge is 0.370 e. The summed E-state index contributed by atoms with van der Waals surface area (Å²) in [5.74, 6) is 0. The Morgan fingerprint density at radius 3 is 2.67 bits per heavy atom. The Morgan fingerprint density at radius 2 is 2.07 bits per heavy atom. The standard InChI is InChI=1S/C12H14Cl2O/c1-2-9-4-6-12(15-9)8-3-5-10(13)11(14)7-8/h3,5,7,9,12H,2,4,6H2,1H3. The Hall–Kier alpha value is -0.240. The Balaban J connectivity index is 2.13. The fourth-order valence-electron chi connectivity index (χ4n) is 1.96. The van der Waals surface area contributed by atoms with Gasteiger partial charge in [-0.25, -0.2) is 0 Å². The quantitative estimate of drug-likeness (QED) is 0.738. The van der Waals surface area contributed by atoms with E-state index in [1.807, 2.05) is 18.2 Å². The van der Waals surface area contributed by atoms with Crippen LogP contribution in [-0.2, 0) is 4.74 Å². The van der Waals surface area contributed by atoms with Crippen molar-refractivity contribution in [1.82, 2.24) is 0 Å². The lowest BCUT2D eigenvalue weighted by molar-refractivity contribution is 0.0428. The third kappa shape index (κ3) is 2.47. The monoisotopic (exact) mass is 244 g/mol. The van der Waals surface area contributed by atoms with Crippen molar-refractivity contribution in [3.63, 3.8) is 0 Å². The summed E-state index contributed by atoms with van der Waals surface area (Å²) < 4.78 is 5.89. The summed E-state index contributed by atoms with van der Waals surface area (Å²) in [6.45, 7) is 2.15. The van der Waals surface area contributed by atoms with Gasteiger partial charge in [0.15, 0.2) is 0 Å². The van der Waals surface area contributed by atoms with Crippen molar-refractivity contribution >= 4 is 23.2 Å². The Labute approximate surface area is 100 Å². The Bertz CT molecular complexity index is 351. The summed E-state index contributed by atoms with van der Waals surface area (Å²) in [6.07, 6.45) is 3.91. The van der Waals surface area contributed by atoms with Gasteiger partial charge in [-0.2, -0.15) is 0 Å². The first kappa shape index (κ1) is 11.3. The first-order valence-corrected chi connectivity index (χ1v) is 6.06. The molecule has 2 unspecified atom stereocenters. The molecular formula is C12H14Cl2O. The van der Waals surface area contributed by atoms with Crippen LogP contribution in [0, 0.1) is 0 Å². The molecule has 1 fully saturated rings. The van der Waals surface area contributed by atoms with Crippen LogP contribution in [0.5, 0.6) is 0 Å². The number of benzene rings is 1. The molecule has 1 aliphatic rings. The van der Waals surface area contributed by atoms with E-state index in [0.717, 1.165) is 24.8 Å². The molecule has 0 bridgehead atoms. The number of hydrogen-bond donors (Lipinski definition) is 0. The molecule has 82 valence electrons. The second kappa shape index (κ2) is 4.73. The molecule has 1 aromatic rings. The minimum atomic E-state index is 0.199. The molecule has 0 N–H and O–H groups in total. The molecule has 2 atom stereocenters. The molecule has 0 aromatic heterocycles. The fourth-order valence-corrected chi connectivity index (χ4v) is 2.27. The van der Waals surface area contributed by atoms with Crippen molar-refractivity contribution in [2.24, 2.45) is 0 Å². The molecule has 0 radical (unpaired) electrons. The van der Waals surface area contributed by atoms with E-state index in [1.54, 1.807) is 0 Å². The van der Waals surface area contributed by atoms with Gasteiger partial charge in [0.1, 0.15) is 0 Å². The molecule has 0 amide bonds. The van der Waals surface area contributed by atoms with Gasteiger partial charge in [-0.05, 0) is 37.0 Å². The normalized spacial score (nSPS) is 25.8. The number of rotatable bonds is 2. The van der Waals surface area contributed by atoms with Crippen LogP contribution in [0.25, 0.3) is 0 Å². The minimum Gasteiger partial charge on any atom is -0.370 e. The van der Waals surface area contributed by atoms with Crippen molar-refractivity contribution in [1.29, 1.82) is 0 Å². The summed E-state index contributed by atoms with van der Waals surface area (Å²) in [4.78, 5) is 0. The second-order valence-corrected chi connectivity index (χ2v) is 4.72. The van der Waals surface area contributed by atoms with Crippen LogP contribution in [0.2, 0.25) is 10.0 Å². The molecule has 0 saturated carbocycles. The summed E-state index contributed by atoms with van der Waals surface area (Å²) >= 11 is 11.8. The highest BCUT2D eigenvalue weighted by molar-refractivity contribution is 6.42. The maximum Gasteiger partial charge on any atom is 0.0830 e. The molecule has 15 heavy (non-hydrogen) atoms. The highest BCUT2D eigenvalue weighted by Crippen LogP contribution is 2.36. The van der Waals surface area contributed by atoms with Crippen molar-refractivity contribution in [2.45, 2.75) is 38.4 Å². The van der Waals surface area contributed by atoms with E-state index in [9.17, 15) is 0 Å². The average molecular weight is 245 g/mol. The van der Waals surface area contributed by atoms with Crippen molar-refractivity contribution < 1.29 is 4.74 Å². The molecule has 0 aliphatic carbocycles. The van der Waals surface area contributed by atoms with Crippen molar-refractivity contribution in [3.05, 3.63) is 33.8 Å². The van der Waals surface area contributed by atoms with Crippen LogP contribution in [-0.4, -0.2) is 6.10 Å². The molecule has 0 spiro atoms. The van der Waals surface area contributed by atoms with Crippen LogP contribution >= 0.6 is 23.2 Å². The zero-order valence-corrected chi connectivity index (χ0v) is 10.2. The predicted octanol–water partition coefficient (Wildman–Crippen LogP) is 4.62. The van der Waals surface area contributed by atoms with Crippen LogP contribution < -0.4 is 0 Å². The van der Waals surface area contributed by atoms with E-state index in [2.05, 4.69) is 6.92 Å². The molecule has 2 rings (SSSR count). The van der Waals surface area contributed by atoms with E-state index < -0.39 is 0 Å². The van der Waals surface area contributed by atoms with Crippen LogP contribution in [0.1, 0.15) is 37.9 Å². The van der Waals surface area contributed by atoms with Gasteiger partial charge in [-0.15, -0.1) is 0 Å². The van der Waals surface area contributed by atoms with Gasteiger partial charge in [0.05, 0.1) is 22.3 Å². The predicted molar refractivity (Wildman–Crippen MR) is 63.6 cm³/mol.